The van der Waals surface area contributed by atoms with Gasteiger partial charge >= 0.3 is 6.03 Å². The monoisotopic (exact) mass is 263 g/mol. The summed E-state index contributed by atoms with van der Waals surface area (Å²) in [7, 11) is 0. The lowest BCUT2D eigenvalue weighted by Gasteiger charge is -2.01. The summed E-state index contributed by atoms with van der Waals surface area (Å²) < 4.78 is 1.10. The maximum atomic E-state index is 10.7. The number of hydrogen-bond acceptors (Lipinski definition) is 3. The van der Waals surface area contributed by atoms with E-state index >= 15 is 0 Å². The molecule has 0 aromatic carbocycles. The highest BCUT2D eigenvalue weighted by molar-refractivity contribution is 9.11. The number of hydrazine groups is 1. The first kappa shape index (κ1) is 10.5. The minimum absolute atomic E-state index is 0.351. The average molecular weight is 264 g/mol. The lowest BCUT2D eigenvalue weighted by atomic mass is 10.3. The van der Waals surface area contributed by atoms with Crippen LogP contribution in [0.5, 0.6) is 0 Å². The third kappa shape index (κ3) is 3.75. The minimum atomic E-state index is -0.351. The fourth-order valence-electron chi connectivity index (χ4n) is 0.836. The van der Waals surface area contributed by atoms with Crippen molar-refractivity contribution in [3.8, 4) is 0 Å². The molecule has 0 aliphatic rings. The molecule has 0 unspecified atom stereocenters. The summed E-state index contributed by atoms with van der Waals surface area (Å²) in [5.74, 6) is 4.89. The summed E-state index contributed by atoms with van der Waals surface area (Å²) in [5, 5.41) is 2.61. The van der Waals surface area contributed by atoms with E-state index in [9.17, 15) is 4.79 Å². The topological polar surface area (TPSA) is 67.1 Å². The van der Waals surface area contributed by atoms with E-state index in [0.29, 0.717) is 6.54 Å². The van der Waals surface area contributed by atoms with Crippen molar-refractivity contribution in [2.24, 2.45) is 5.84 Å². The van der Waals surface area contributed by atoms with Gasteiger partial charge in [-0.1, -0.05) is 0 Å². The van der Waals surface area contributed by atoms with Crippen LogP contribution in [0.4, 0.5) is 4.79 Å². The molecule has 72 valence electrons. The number of rotatable bonds is 3. The molecule has 1 aromatic rings. The van der Waals surface area contributed by atoms with Crippen molar-refractivity contribution >= 4 is 33.3 Å². The summed E-state index contributed by atoms with van der Waals surface area (Å²) in [6.07, 6.45) is 0.823. The van der Waals surface area contributed by atoms with Crippen LogP contribution in [0.15, 0.2) is 15.9 Å². The molecule has 0 spiro atoms. The molecule has 0 saturated carbocycles. The smallest absolute Gasteiger partial charge is 0.328 e. The minimum Gasteiger partial charge on any atom is -0.337 e. The zero-order chi connectivity index (χ0) is 9.68. The Hall–Kier alpha value is -0.590. The van der Waals surface area contributed by atoms with Crippen LogP contribution < -0.4 is 16.6 Å². The molecule has 13 heavy (non-hydrogen) atoms. The van der Waals surface area contributed by atoms with Gasteiger partial charge < -0.3 is 5.32 Å². The van der Waals surface area contributed by atoms with Gasteiger partial charge in [-0.15, -0.1) is 11.3 Å². The molecule has 1 rings (SSSR count). The van der Waals surface area contributed by atoms with Crippen molar-refractivity contribution < 1.29 is 4.79 Å². The van der Waals surface area contributed by atoms with Crippen LogP contribution in [0.2, 0.25) is 0 Å². The highest BCUT2D eigenvalue weighted by Gasteiger charge is 1.99. The van der Waals surface area contributed by atoms with Gasteiger partial charge in [0.15, 0.2) is 0 Å². The molecule has 0 saturated heterocycles. The van der Waals surface area contributed by atoms with Gasteiger partial charge in [-0.25, -0.2) is 10.6 Å². The number of hydrogen-bond donors (Lipinski definition) is 3. The maximum absolute atomic E-state index is 10.7. The Balaban J connectivity index is 2.24. The number of urea groups is 1. The third-order valence-corrected chi connectivity index (χ3v) is 3.10. The Morgan fingerprint density at radius 2 is 2.38 bits per heavy atom. The molecule has 4 nitrogen and oxygen atoms in total. The van der Waals surface area contributed by atoms with Gasteiger partial charge in [0.2, 0.25) is 0 Å². The van der Waals surface area contributed by atoms with Crippen LogP contribution in [-0.2, 0) is 6.42 Å². The van der Waals surface area contributed by atoms with E-state index in [2.05, 4.69) is 21.2 Å². The van der Waals surface area contributed by atoms with Crippen LogP contribution in [0.1, 0.15) is 4.88 Å². The number of halogens is 1. The molecular formula is C7H10BrN3OS. The van der Waals surface area contributed by atoms with E-state index in [0.717, 1.165) is 10.2 Å². The number of nitrogens with one attached hydrogen (secondary N) is 2. The van der Waals surface area contributed by atoms with Crippen molar-refractivity contribution in [2.75, 3.05) is 6.54 Å². The van der Waals surface area contributed by atoms with Gasteiger partial charge in [0.25, 0.3) is 0 Å². The zero-order valence-electron chi connectivity index (χ0n) is 6.84. The Morgan fingerprint density at radius 3 is 2.92 bits per heavy atom. The predicted molar refractivity (Wildman–Crippen MR) is 56.4 cm³/mol. The molecule has 1 heterocycles. The van der Waals surface area contributed by atoms with Crippen molar-refractivity contribution in [1.82, 2.24) is 10.7 Å². The van der Waals surface area contributed by atoms with Crippen LogP contribution in [0, 0.1) is 0 Å². The standard InChI is InChI=1S/C7H10BrN3OS/c8-6-2-1-5(13-6)3-4-10-7(12)11-9/h1-2H,3-4,9H2,(H2,10,11,12). The van der Waals surface area contributed by atoms with Gasteiger partial charge in [-0.3, -0.25) is 5.43 Å². The molecule has 4 N–H and O–H groups in total. The summed E-state index contributed by atoms with van der Waals surface area (Å²) in [6, 6.07) is 3.66. The van der Waals surface area contributed by atoms with Crippen LogP contribution in [0.25, 0.3) is 0 Å². The van der Waals surface area contributed by atoms with Crippen molar-refractivity contribution in [3.05, 3.63) is 20.8 Å². The molecule has 0 radical (unpaired) electrons. The van der Waals surface area contributed by atoms with Crippen LogP contribution in [0.3, 0.4) is 0 Å². The molecule has 0 aliphatic heterocycles. The van der Waals surface area contributed by atoms with Gasteiger partial charge in [-0.05, 0) is 34.5 Å². The van der Waals surface area contributed by atoms with E-state index in [1.54, 1.807) is 11.3 Å². The van der Waals surface area contributed by atoms with E-state index in [4.69, 9.17) is 5.84 Å². The molecule has 1 aromatic heterocycles. The third-order valence-electron chi connectivity index (χ3n) is 1.42. The average Bonchev–Trinajstić information content (AvgIpc) is 2.51. The van der Waals surface area contributed by atoms with Gasteiger partial charge in [0.05, 0.1) is 3.79 Å². The quantitative estimate of drug-likeness (QED) is 0.436. The second-order valence-corrected chi connectivity index (χ2v) is 4.90. The summed E-state index contributed by atoms with van der Waals surface area (Å²) >= 11 is 5.03. The normalized spacial score (nSPS) is 9.69. The van der Waals surface area contributed by atoms with E-state index in [-0.39, 0.29) is 6.03 Å². The molecule has 0 bridgehead atoms. The second kappa shape index (κ2) is 5.21. The van der Waals surface area contributed by atoms with E-state index in [1.165, 1.54) is 4.88 Å². The number of carbonyl (C=O) groups is 1. The Labute approximate surface area is 88.6 Å². The summed E-state index contributed by atoms with van der Waals surface area (Å²) in [6.45, 7) is 0.593. The Kier molecular flexibility index (Phi) is 4.20. The molecule has 2 amide bonds. The first-order valence-corrected chi connectivity index (χ1v) is 5.32. The second-order valence-electron chi connectivity index (χ2n) is 2.36. The first-order valence-electron chi connectivity index (χ1n) is 3.71. The van der Waals surface area contributed by atoms with E-state index < -0.39 is 0 Å². The zero-order valence-corrected chi connectivity index (χ0v) is 9.24. The number of amides is 2. The molecule has 0 fully saturated rings. The lowest BCUT2D eigenvalue weighted by Crippen LogP contribution is -2.40. The summed E-state index contributed by atoms with van der Waals surface area (Å²) in [4.78, 5) is 11.9. The fourth-order valence-corrected chi connectivity index (χ4v) is 2.32. The predicted octanol–water partition coefficient (Wildman–Crippen LogP) is 1.23. The van der Waals surface area contributed by atoms with Crippen molar-refractivity contribution in [2.45, 2.75) is 6.42 Å². The number of carbonyl (C=O) groups excluding carboxylic acids is 1. The number of nitrogens with two attached hydrogens (primary N) is 1. The van der Waals surface area contributed by atoms with Gasteiger partial charge in [-0.2, -0.15) is 0 Å². The molecule has 0 atom stereocenters. The largest absolute Gasteiger partial charge is 0.337 e. The van der Waals surface area contributed by atoms with Crippen LogP contribution >= 0.6 is 27.3 Å². The molecule has 0 aliphatic carbocycles. The number of thiophene rings is 1. The Morgan fingerprint density at radius 1 is 1.62 bits per heavy atom. The first-order chi connectivity index (χ1) is 6.22. The lowest BCUT2D eigenvalue weighted by molar-refractivity contribution is 0.241. The Bertz CT molecular complexity index is 289. The van der Waals surface area contributed by atoms with E-state index in [1.807, 2.05) is 17.6 Å². The molecule has 6 heteroatoms. The van der Waals surface area contributed by atoms with Gasteiger partial charge in [0, 0.05) is 11.4 Å². The van der Waals surface area contributed by atoms with Crippen molar-refractivity contribution in [3.63, 3.8) is 0 Å². The fraction of sp³-hybridized carbons (Fsp3) is 0.286. The maximum Gasteiger partial charge on any atom is 0.328 e. The SMILES string of the molecule is NNC(=O)NCCc1ccc(Br)s1. The van der Waals surface area contributed by atoms with Gasteiger partial charge in [0.1, 0.15) is 0 Å². The van der Waals surface area contributed by atoms with Crippen molar-refractivity contribution in [1.29, 1.82) is 0 Å². The highest BCUT2D eigenvalue weighted by Crippen LogP contribution is 2.21. The molecular weight excluding hydrogens is 254 g/mol. The summed E-state index contributed by atoms with van der Waals surface area (Å²) in [5.41, 5.74) is 2.00. The van der Waals surface area contributed by atoms with Crippen LogP contribution in [-0.4, -0.2) is 12.6 Å². The highest BCUT2D eigenvalue weighted by atomic mass is 79.9.